The first kappa shape index (κ1) is 16.1. The summed E-state index contributed by atoms with van der Waals surface area (Å²) in [7, 11) is 0. The second-order valence-electron chi connectivity index (χ2n) is 5.62. The highest BCUT2D eigenvalue weighted by atomic mass is 16.6. The van der Waals surface area contributed by atoms with Gasteiger partial charge in [0.25, 0.3) is 5.69 Å². The molecule has 0 aliphatic rings. The molecule has 1 aromatic rings. The van der Waals surface area contributed by atoms with Gasteiger partial charge in [0.05, 0.1) is 11.5 Å². The van der Waals surface area contributed by atoms with E-state index in [0.717, 1.165) is 0 Å². The normalized spacial score (nSPS) is 11.6. The van der Waals surface area contributed by atoms with Crippen molar-refractivity contribution in [2.75, 3.05) is 13.1 Å². The highest BCUT2D eigenvalue weighted by molar-refractivity contribution is 5.69. The largest absolute Gasteiger partial charge is 0.480 e. The van der Waals surface area contributed by atoms with E-state index in [1.165, 1.54) is 6.07 Å². The van der Waals surface area contributed by atoms with Gasteiger partial charge in [0.1, 0.15) is 0 Å². The third kappa shape index (κ3) is 4.62. The average Bonchev–Trinajstić information content (AvgIpc) is 2.33. The predicted molar refractivity (Wildman–Crippen MR) is 75.8 cm³/mol. The molecule has 0 unspecified atom stereocenters. The van der Waals surface area contributed by atoms with Gasteiger partial charge in [-0.25, -0.2) is 0 Å². The van der Waals surface area contributed by atoms with Crippen LogP contribution in [0, 0.1) is 10.1 Å². The van der Waals surface area contributed by atoms with Gasteiger partial charge in [-0.05, 0) is 27.2 Å². The predicted octanol–water partition coefficient (Wildman–Crippen LogP) is 2.32. The van der Waals surface area contributed by atoms with Crippen LogP contribution in [0.2, 0.25) is 0 Å². The number of carboxylic acids is 1. The maximum Gasteiger partial charge on any atom is 0.317 e. The van der Waals surface area contributed by atoms with Crippen LogP contribution in [-0.4, -0.2) is 39.5 Å². The van der Waals surface area contributed by atoms with Gasteiger partial charge in [-0.1, -0.05) is 18.2 Å². The number of rotatable bonds is 6. The van der Waals surface area contributed by atoms with Crippen molar-refractivity contribution < 1.29 is 14.8 Å². The summed E-state index contributed by atoms with van der Waals surface area (Å²) < 4.78 is 0. The molecule has 6 nitrogen and oxygen atoms in total. The summed E-state index contributed by atoms with van der Waals surface area (Å²) in [5, 5.41) is 19.9. The summed E-state index contributed by atoms with van der Waals surface area (Å²) in [6.07, 6.45) is 0.446. The van der Waals surface area contributed by atoms with Crippen molar-refractivity contribution in [3.05, 3.63) is 39.9 Å². The molecule has 0 aromatic heterocycles. The van der Waals surface area contributed by atoms with Crippen LogP contribution in [0.5, 0.6) is 0 Å². The van der Waals surface area contributed by atoms with Crippen molar-refractivity contribution in [2.24, 2.45) is 0 Å². The summed E-state index contributed by atoms with van der Waals surface area (Å²) >= 11 is 0. The van der Waals surface area contributed by atoms with Gasteiger partial charge in [-0.15, -0.1) is 0 Å². The minimum Gasteiger partial charge on any atom is -0.480 e. The van der Waals surface area contributed by atoms with Crippen LogP contribution in [0.1, 0.15) is 26.3 Å². The number of aliphatic carboxylic acids is 1. The summed E-state index contributed by atoms with van der Waals surface area (Å²) in [6.45, 7) is 6.16. The molecule has 0 saturated carbocycles. The van der Waals surface area contributed by atoms with Crippen LogP contribution in [0.4, 0.5) is 5.69 Å². The highest BCUT2D eigenvalue weighted by Crippen LogP contribution is 2.20. The highest BCUT2D eigenvalue weighted by Gasteiger charge is 2.24. The molecule has 0 heterocycles. The third-order valence-corrected chi connectivity index (χ3v) is 3.11. The maximum atomic E-state index is 10.9. The van der Waals surface area contributed by atoms with Crippen molar-refractivity contribution in [3.63, 3.8) is 0 Å². The number of hydrogen-bond acceptors (Lipinski definition) is 4. The maximum absolute atomic E-state index is 10.9. The Balaban J connectivity index is 2.83. The molecule has 1 aromatic carbocycles. The van der Waals surface area contributed by atoms with Gasteiger partial charge in [0.2, 0.25) is 0 Å². The van der Waals surface area contributed by atoms with E-state index in [1.54, 1.807) is 23.1 Å². The van der Waals surface area contributed by atoms with E-state index >= 15 is 0 Å². The number of hydrogen-bond donors (Lipinski definition) is 1. The molecular formula is C14H20N2O4. The SMILES string of the molecule is CC(C)(C)N(CCc1ccccc1[N+](=O)[O-])CC(=O)O. The molecule has 1 rings (SSSR count). The Hall–Kier alpha value is -1.95. The van der Waals surface area contributed by atoms with E-state index < -0.39 is 10.9 Å². The fourth-order valence-electron chi connectivity index (χ4n) is 1.97. The first-order chi connectivity index (χ1) is 9.21. The Labute approximate surface area is 118 Å². The first-order valence-corrected chi connectivity index (χ1v) is 6.41. The Morgan fingerprint density at radius 1 is 1.35 bits per heavy atom. The molecule has 0 aliphatic carbocycles. The Morgan fingerprint density at radius 3 is 2.45 bits per heavy atom. The number of nitro benzene ring substituents is 1. The summed E-state index contributed by atoms with van der Waals surface area (Å²) in [5.74, 6) is -0.900. The lowest BCUT2D eigenvalue weighted by Gasteiger charge is -2.34. The zero-order chi connectivity index (χ0) is 15.3. The molecule has 110 valence electrons. The molecule has 0 saturated heterocycles. The standard InChI is InChI=1S/C14H20N2O4/c1-14(2,3)15(10-13(17)18)9-8-11-6-4-5-7-12(11)16(19)20/h4-7H,8-10H2,1-3H3,(H,17,18). The van der Waals surface area contributed by atoms with Crippen LogP contribution in [0.15, 0.2) is 24.3 Å². The monoisotopic (exact) mass is 280 g/mol. The van der Waals surface area contributed by atoms with E-state index in [0.29, 0.717) is 18.5 Å². The quantitative estimate of drug-likeness (QED) is 0.638. The molecule has 0 amide bonds. The van der Waals surface area contributed by atoms with Crippen LogP contribution >= 0.6 is 0 Å². The van der Waals surface area contributed by atoms with Gasteiger partial charge in [0, 0.05) is 23.7 Å². The van der Waals surface area contributed by atoms with E-state index in [9.17, 15) is 14.9 Å². The van der Waals surface area contributed by atoms with Crippen molar-refractivity contribution in [2.45, 2.75) is 32.7 Å². The van der Waals surface area contributed by atoms with Crippen molar-refractivity contribution in [3.8, 4) is 0 Å². The molecule has 0 fully saturated rings. The summed E-state index contributed by atoms with van der Waals surface area (Å²) in [6, 6.07) is 6.55. The Morgan fingerprint density at radius 2 is 1.95 bits per heavy atom. The van der Waals surface area contributed by atoms with Gasteiger partial charge < -0.3 is 5.11 Å². The number of carbonyl (C=O) groups is 1. The second kappa shape index (κ2) is 6.47. The lowest BCUT2D eigenvalue weighted by molar-refractivity contribution is -0.385. The van der Waals surface area contributed by atoms with Gasteiger partial charge >= 0.3 is 5.97 Å². The van der Waals surface area contributed by atoms with Crippen LogP contribution in [-0.2, 0) is 11.2 Å². The second-order valence-corrected chi connectivity index (χ2v) is 5.62. The van der Waals surface area contributed by atoms with Gasteiger partial charge in [0.15, 0.2) is 0 Å². The van der Waals surface area contributed by atoms with Crippen LogP contribution < -0.4 is 0 Å². The number of nitro groups is 1. The van der Waals surface area contributed by atoms with Gasteiger partial charge in [-0.2, -0.15) is 0 Å². The van der Waals surface area contributed by atoms with Crippen LogP contribution in [0.25, 0.3) is 0 Å². The van der Waals surface area contributed by atoms with Gasteiger partial charge in [-0.3, -0.25) is 19.8 Å². The number of benzene rings is 1. The molecule has 1 N–H and O–H groups in total. The smallest absolute Gasteiger partial charge is 0.317 e. The number of nitrogens with zero attached hydrogens (tertiary/aromatic N) is 2. The van der Waals surface area contributed by atoms with Crippen molar-refractivity contribution in [1.29, 1.82) is 0 Å². The first-order valence-electron chi connectivity index (χ1n) is 6.41. The summed E-state index contributed by atoms with van der Waals surface area (Å²) in [4.78, 5) is 23.2. The average molecular weight is 280 g/mol. The molecule has 6 heteroatoms. The lowest BCUT2D eigenvalue weighted by Crippen LogP contribution is -2.45. The zero-order valence-corrected chi connectivity index (χ0v) is 12.0. The summed E-state index contributed by atoms with van der Waals surface area (Å²) in [5.41, 5.74) is 0.399. The minimum atomic E-state index is -0.900. The fraction of sp³-hybridized carbons (Fsp3) is 0.500. The van der Waals surface area contributed by atoms with Crippen molar-refractivity contribution >= 4 is 11.7 Å². The molecule has 0 radical (unpaired) electrons. The molecule has 0 spiro atoms. The van der Waals surface area contributed by atoms with E-state index in [-0.39, 0.29) is 17.8 Å². The Kier molecular flexibility index (Phi) is 5.21. The van der Waals surface area contributed by atoms with Crippen LogP contribution in [0.3, 0.4) is 0 Å². The molecular weight excluding hydrogens is 260 g/mol. The number of para-hydroxylation sites is 1. The van der Waals surface area contributed by atoms with E-state index in [4.69, 9.17) is 5.11 Å². The molecule has 0 atom stereocenters. The van der Waals surface area contributed by atoms with E-state index in [1.807, 2.05) is 20.8 Å². The lowest BCUT2D eigenvalue weighted by atomic mass is 10.0. The molecule has 0 bridgehead atoms. The zero-order valence-electron chi connectivity index (χ0n) is 12.0. The van der Waals surface area contributed by atoms with Crippen molar-refractivity contribution in [1.82, 2.24) is 4.90 Å². The van der Waals surface area contributed by atoms with E-state index in [2.05, 4.69) is 0 Å². The number of carboxylic acid groups (broad SMARTS) is 1. The molecule has 20 heavy (non-hydrogen) atoms. The third-order valence-electron chi connectivity index (χ3n) is 3.11. The molecule has 0 aliphatic heterocycles. The topological polar surface area (TPSA) is 83.7 Å². The Bertz CT molecular complexity index is 494. The minimum absolute atomic E-state index is 0.0792. The fourth-order valence-corrected chi connectivity index (χ4v) is 1.97.